The molecule has 4 nitrogen and oxygen atoms in total. The molecule has 1 aliphatic rings. The number of anilines is 1. The minimum Gasteiger partial charge on any atom is -0.373 e. The van der Waals surface area contributed by atoms with Crippen LogP contribution in [0.25, 0.3) is 0 Å². The zero-order valence-corrected chi connectivity index (χ0v) is 11.5. The van der Waals surface area contributed by atoms with Gasteiger partial charge in [-0.1, -0.05) is 6.07 Å². The van der Waals surface area contributed by atoms with Crippen molar-refractivity contribution in [3.8, 4) is 0 Å². The lowest BCUT2D eigenvalue weighted by Crippen LogP contribution is -2.16. The third-order valence-corrected chi connectivity index (χ3v) is 4.55. The molecule has 3 rings (SSSR count). The Morgan fingerprint density at radius 1 is 1.40 bits per heavy atom. The maximum atomic E-state index is 13.6. The Morgan fingerprint density at radius 2 is 2.25 bits per heavy atom. The molecule has 1 aliphatic carbocycles. The van der Waals surface area contributed by atoms with Gasteiger partial charge in [0.05, 0.1) is 11.0 Å². The van der Waals surface area contributed by atoms with Gasteiger partial charge in [-0.15, -0.1) is 11.3 Å². The fraction of sp³-hybridized carbons (Fsp3) is 0.286. The smallest absolute Gasteiger partial charge is 0.327 e. The summed E-state index contributed by atoms with van der Waals surface area (Å²) in [7, 11) is 0. The molecule has 1 atom stereocenters. The second kappa shape index (κ2) is 5.20. The lowest BCUT2D eigenvalue weighted by atomic mass is 9.94. The van der Waals surface area contributed by atoms with E-state index in [0.717, 1.165) is 25.3 Å². The maximum Gasteiger partial charge on any atom is 0.327 e. The Hall–Kier alpha value is -1.95. The van der Waals surface area contributed by atoms with Crippen molar-refractivity contribution < 1.29 is 9.31 Å². The van der Waals surface area contributed by atoms with Crippen LogP contribution in [-0.2, 0) is 6.42 Å². The summed E-state index contributed by atoms with van der Waals surface area (Å²) in [5.41, 5.74) is 0.953. The highest BCUT2D eigenvalue weighted by Gasteiger charge is 2.25. The third kappa shape index (κ3) is 2.27. The molecule has 1 unspecified atom stereocenters. The number of halogens is 1. The van der Waals surface area contributed by atoms with E-state index in [9.17, 15) is 14.5 Å². The van der Waals surface area contributed by atoms with Crippen LogP contribution < -0.4 is 5.32 Å². The fourth-order valence-corrected chi connectivity index (χ4v) is 3.63. The number of fused-ring (bicyclic) bond motifs is 1. The van der Waals surface area contributed by atoms with Crippen LogP contribution in [0.3, 0.4) is 0 Å². The predicted octanol–water partition coefficient (Wildman–Crippen LogP) is 4.28. The average Bonchev–Trinajstić information content (AvgIpc) is 2.87. The van der Waals surface area contributed by atoms with Gasteiger partial charge in [0.2, 0.25) is 5.82 Å². The summed E-state index contributed by atoms with van der Waals surface area (Å²) in [6.45, 7) is 0. The van der Waals surface area contributed by atoms with Crippen LogP contribution in [0.1, 0.15) is 29.3 Å². The van der Waals surface area contributed by atoms with E-state index in [1.807, 2.05) is 11.4 Å². The molecule has 0 bridgehead atoms. The van der Waals surface area contributed by atoms with Gasteiger partial charge in [-0.3, -0.25) is 10.1 Å². The number of hydrogen-bond donors (Lipinski definition) is 1. The van der Waals surface area contributed by atoms with Crippen LogP contribution in [0.5, 0.6) is 0 Å². The van der Waals surface area contributed by atoms with Gasteiger partial charge in [-0.05, 0) is 48.4 Å². The Bertz CT molecular complexity index is 656. The molecule has 0 saturated heterocycles. The van der Waals surface area contributed by atoms with E-state index in [0.29, 0.717) is 0 Å². The molecule has 0 saturated carbocycles. The molecule has 6 heteroatoms. The largest absolute Gasteiger partial charge is 0.373 e. The van der Waals surface area contributed by atoms with Crippen molar-refractivity contribution >= 4 is 22.7 Å². The highest BCUT2D eigenvalue weighted by Crippen LogP contribution is 2.38. The van der Waals surface area contributed by atoms with Crippen molar-refractivity contribution in [3.05, 3.63) is 56.0 Å². The summed E-state index contributed by atoms with van der Waals surface area (Å²) in [5, 5.41) is 16.2. The third-order valence-electron chi connectivity index (χ3n) is 3.55. The molecule has 1 aromatic carbocycles. The molecule has 1 heterocycles. The maximum absolute atomic E-state index is 13.6. The summed E-state index contributed by atoms with van der Waals surface area (Å²) in [6.07, 6.45) is 2.99. The quantitative estimate of drug-likeness (QED) is 0.678. The van der Waals surface area contributed by atoms with Crippen LogP contribution in [0.2, 0.25) is 0 Å². The number of nitro groups is 1. The van der Waals surface area contributed by atoms with E-state index >= 15 is 0 Å². The molecular formula is C14H13FN2O2S. The minimum absolute atomic E-state index is 0.0190. The van der Waals surface area contributed by atoms with E-state index in [4.69, 9.17) is 0 Å². The molecule has 0 radical (unpaired) electrons. The van der Waals surface area contributed by atoms with Gasteiger partial charge in [-0.2, -0.15) is 4.39 Å². The lowest BCUT2D eigenvalue weighted by Gasteiger charge is -2.24. The van der Waals surface area contributed by atoms with Gasteiger partial charge in [-0.25, -0.2) is 0 Å². The number of para-hydroxylation sites is 1. The first-order chi connectivity index (χ1) is 9.66. The molecule has 104 valence electrons. The molecule has 0 spiro atoms. The number of aryl methyl sites for hydroxylation is 1. The van der Waals surface area contributed by atoms with Gasteiger partial charge in [0.15, 0.2) is 0 Å². The second-order valence-electron chi connectivity index (χ2n) is 4.78. The molecule has 1 aromatic heterocycles. The van der Waals surface area contributed by atoms with Crippen LogP contribution >= 0.6 is 11.3 Å². The van der Waals surface area contributed by atoms with Crippen LogP contribution in [0, 0.1) is 15.9 Å². The molecule has 0 fully saturated rings. The van der Waals surface area contributed by atoms with Crippen LogP contribution in [-0.4, -0.2) is 4.92 Å². The topological polar surface area (TPSA) is 55.2 Å². The lowest BCUT2D eigenvalue weighted by molar-refractivity contribution is -0.386. The van der Waals surface area contributed by atoms with Crippen LogP contribution in [0.15, 0.2) is 29.6 Å². The number of nitrogens with one attached hydrogen (secondary N) is 1. The molecule has 1 N–H and O–H groups in total. The Kier molecular flexibility index (Phi) is 3.40. The van der Waals surface area contributed by atoms with Crippen molar-refractivity contribution in [2.75, 3.05) is 5.32 Å². The van der Waals surface area contributed by atoms with Gasteiger partial charge < -0.3 is 5.32 Å². The van der Waals surface area contributed by atoms with E-state index in [2.05, 4.69) is 5.32 Å². The van der Waals surface area contributed by atoms with E-state index < -0.39 is 16.4 Å². The van der Waals surface area contributed by atoms with E-state index in [1.54, 1.807) is 17.4 Å². The summed E-state index contributed by atoms with van der Waals surface area (Å²) in [5.74, 6) is -0.804. The number of hydrogen-bond acceptors (Lipinski definition) is 4. The van der Waals surface area contributed by atoms with Gasteiger partial charge in [0, 0.05) is 4.88 Å². The van der Waals surface area contributed by atoms with Gasteiger partial charge >= 0.3 is 5.69 Å². The summed E-state index contributed by atoms with van der Waals surface area (Å²) in [4.78, 5) is 11.6. The number of nitro benzene ring substituents is 1. The summed E-state index contributed by atoms with van der Waals surface area (Å²) in [6, 6.07) is 6.22. The zero-order valence-electron chi connectivity index (χ0n) is 10.6. The standard InChI is InChI=1S/C14H13FN2O2S/c15-10-3-1-5-12(14(10)17(18)19)16-11-4-2-6-13-9(11)7-8-20-13/h1,3,5,7-8,11,16H,2,4,6H2. The van der Waals surface area contributed by atoms with E-state index in [1.165, 1.54) is 16.5 Å². The van der Waals surface area contributed by atoms with Crippen molar-refractivity contribution in [2.24, 2.45) is 0 Å². The predicted molar refractivity (Wildman–Crippen MR) is 76.7 cm³/mol. The SMILES string of the molecule is O=[N+]([O-])c1c(F)cccc1NC1CCCc2sccc21. The summed E-state index contributed by atoms with van der Waals surface area (Å²) >= 11 is 1.71. The minimum atomic E-state index is -0.804. The number of nitrogens with zero attached hydrogens (tertiary/aromatic N) is 1. The zero-order chi connectivity index (χ0) is 14.1. The number of benzene rings is 1. The Morgan fingerprint density at radius 3 is 3.05 bits per heavy atom. The summed E-state index contributed by atoms with van der Waals surface area (Å²) < 4.78 is 13.6. The average molecular weight is 292 g/mol. The first-order valence-corrected chi connectivity index (χ1v) is 7.30. The van der Waals surface area contributed by atoms with Crippen molar-refractivity contribution in [1.82, 2.24) is 0 Å². The highest BCUT2D eigenvalue weighted by atomic mass is 32.1. The Labute approximate surface area is 119 Å². The second-order valence-corrected chi connectivity index (χ2v) is 5.78. The number of thiophene rings is 1. The molecule has 0 amide bonds. The Balaban J connectivity index is 1.94. The van der Waals surface area contributed by atoms with E-state index in [-0.39, 0.29) is 11.7 Å². The molecule has 0 aliphatic heterocycles. The van der Waals surface area contributed by atoms with Crippen molar-refractivity contribution in [3.63, 3.8) is 0 Å². The fourth-order valence-electron chi connectivity index (χ4n) is 2.64. The molecule has 2 aromatic rings. The first kappa shape index (κ1) is 13.1. The molecule has 20 heavy (non-hydrogen) atoms. The highest BCUT2D eigenvalue weighted by molar-refractivity contribution is 7.10. The van der Waals surface area contributed by atoms with Crippen LogP contribution in [0.4, 0.5) is 15.8 Å². The first-order valence-electron chi connectivity index (χ1n) is 6.42. The monoisotopic (exact) mass is 292 g/mol. The molecular weight excluding hydrogens is 279 g/mol. The normalized spacial score (nSPS) is 17.6. The number of rotatable bonds is 3. The van der Waals surface area contributed by atoms with Crippen molar-refractivity contribution in [1.29, 1.82) is 0 Å². The van der Waals surface area contributed by atoms with Gasteiger partial charge in [0.25, 0.3) is 0 Å². The van der Waals surface area contributed by atoms with Gasteiger partial charge in [0.1, 0.15) is 5.69 Å². The van der Waals surface area contributed by atoms with Crippen molar-refractivity contribution in [2.45, 2.75) is 25.3 Å².